The first-order valence-corrected chi connectivity index (χ1v) is 6.69. The lowest BCUT2D eigenvalue weighted by atomic mass is 10.0. The van der Waals surface area contributed by atoms with Crippen molar-refractivity contribution in [3.8, 4) is 11.5 Å². The Kier molecular flexibility index (Phi) is 4.57. The fraction of sp³-hybridized carbons (Fsp3) is 0.133. The van der Waals surface area contributed by atoms with Crippen molar-refractivity contribution >= 4 is 21.7 Å². The Bertz CT molecular complexity index is 702. The molecule has 2 rings (SSSR count). The molecule has 0 unspecified atom stereocenters. The average molecular weight is 357 g/mol. The van der Waals surface area contributed by atoms with Gasteiger partial charge in [0.15, 0.2) is 5.78 Å². The normalized spacial score (nSPS) is 10.3. The van der Waals surface area contributed by atoms with E-state index in [2.05, 4.69) is 15.9 Å². The highest BCUT2D eigenvalue weighted by atomic mass is 79.9. The number of carbonyl (C=O) groups is 1. The second-order valence-corrected chi connectivity index (χ2v) is 4.91. The van der Waals surface area contributed by atoms with Crippen LogP contribution in [0.4, 0.5) is 8.78 Å². The fourth-order valence-corrected chi connectivity index (χ4v) is 2.56. The largest absolute Gasteiger partial charge is 0.495 e. The maximum absolute atomic E-state index is 13.7. The molecule has 0 spiro atoms. The number of hydrogen-bond acceptors (Lipinski definition) is 3. The molecule has 0 N–H and O–H groups in total. The standard InChI is InChI=1S/C15H11BrF2O3/c1-20-12-6-4-9(15(21-2)13(12)16)14(19)10-7-8(17)3-5-11(10)18/h3-7H,1-2H3. The zero-order valence-corrected chi connectivity index (χ0v) is 12.8. The first kappa shape index (κ1) is 15.4. The Morgan fingerprint density at radius 2 is 1.76 bits per heavy atom. The molecule has 0 fully saturated rings. The van der Waals surface area contributed by atoms with Crippen molar-refractivity contribution in [2.75, 3.05) is 14.2 Å². The van der Waals surface area contributed by atoms with Crippen LogP contribution < -0.4 is 9.47 Å². The molecule has 0 aliphatic heterocycles. The molecular formula is C15H11BrF2O3. The van der Waals surface area contributed by atoms with Gasteiger partial charge in [-0.1, -0.05) is 0 Å². The van der Waals surface area contributed by atoms with Gasteiger partial charge in [-0.15, -0.1) is 0 Å². The van der Waals surface area contributed by atoms with E-state index in [9.17, 15) is 13.6 Å². The summed E-state index contributed by atoms with van der Waals surface area (Å²) in [6, 6.07) is 5.70. The maximum atomic E-state index is 13.7. The van der Waals surface area contributed by atoms with Crippen molar-refractivity contribution < 1.29 is 23.0 Å². The van der Waals surface area contributed by atoms with Crippen molar-refractivity contribution in [3.05, 3.63) is 57.6 Å². The third-order valence-electron chi connectivity index (χ3n) is 2.90. The van der Waals surface area contributed by atoms with Crippen LogP contribution in [0.5, 0.6) is 11.5 Å². The second kappa shape index (κ2) is 6.22. The van der Waals surface area contributed by atoms with Crippen LogP contribution in [0.25, 0.3) is 0 Å². The highest BCUT2D eigenvalue weighted by Crippen LogP contribution is 2.38. The summed E-state index contributed by atoms with van der Waals surface area (Å²) < 4.78 is 37.6. The summed E-state index contributed by atoms with van der Waals surface area (Å²) in [5, 5.41) is 0. The van der Waals surface area contributed by atoms with E-state index >= 15 is 0 Å². The predicted molar refractivity (Wildman–Crippen MR) is 77.0 cm³/mol. The monoisotopic (exact) mass is 356 g/mol. The van der Waals surface area contributed by atoms with Crippen molar-refractivity contribution in [1.29, 1.82) is 0 Å². The molecule has 110 valence electrons. The Labute approximate surface area is 128 Å². The van der Waals surface area contributed by atoms with Gasteiger partial charge in [0.05, 0.1) is 25.3 Å². The third kappa shape index (κ3) is 2.90. The minimum atomic E-state index is -0.796. The minimum Gasteiger partial charge on any atom is -0.495 e. The summed E-state index contributed by atoms with van der Waals surface area (Å²) in [4.78, 5) is 12.4. The summed E-state index contributed by atoms with van der Waals surface area (Å²) in [5.74, 6) is -1.50. The highest BCUT2D eigenvalue weighted by molar-refractivity contribution is 9.10. The van der Waals surface area contributed by atoms with Crippen LogP contribution in [0.2, 0.25) is 0 Å². The quantitative estimate of drug-likeness (QED) is 0.777. The molecule has 2 aromatic rings. The molecule has 2 aromatic carbocycles. The maximum Gasteiger partial charge on any atom is 0.199 e. The Morgan fingerprint density at radius 3 is 2.38 bits per heavy atom. The molecule has 0 atom stereocenters. The Hall–Kier alpha value is -1.95. The molecule has 0 aliphatic rings. The van der Waals surface area contributed by atoms with Gasteiger partial charge in [-0.2, -0.15) is 0 Å². The fourth-order valence-electron chi connectivity index (χ4n) is 1.89. The number of ether oxygens (including phenoxy) is 2. The Balaban J connectivity index is 2.58. The van der Waals surface area contributed by atoms with Crippen molar-refractivity contribution in [1.82, 2.24) is 0 Å². The molecule has 0 saturated carbocycles. The molecule has 0 amide bonds. The summed E-state index contributed by atoms with van der Waals surface area (Å²) >= 11 is 3.26. The molecule has 0 aliphatic carbocycles. The van der Waals surface area contributed by atoms with Crippen LogP contribution >= 0.6 is 15.9 Å². The first-order valence-electron chi connectivity index (χ1n) is 5.89. The topological polar surface area (TPSA) is 35.5 Å². The van der Waals surface area contributed by atoms with E-state index in [4.69, 9.17) is 9.47 Å². The molecule has 0 saturated heterocycles. The van der Waals surface area contributed by atoms with Crippen molar-refractivity contribution in [3.63, 3.8) is 0 Å². The van der Waals surface area contributed by atoms with Crippen LogP contribution in [0.15, 0.2) is 34.8 Å². The number of ketones is 1. The van der Waals surface area contributed by atoms with Gasteiger partial charge in [-0.05, 0) is 46.3 Å². The van der Waals surface area contributed by atoms with E-state index in [0.717, 1.165) is 18.2 Å². The lowest BCUT2D eigenvalue weighted by molar-refractivity contribution is 0.103. The van der Waals surface area contributed by atoms with Gasteiger partial charge in [-0.25, -0.2) is 8.78 Å². The van der Waals surface area contributed by atoms with Gasteiger partial charge in [0, 0.05) is 0 Å². The average Bonchev–Trinajstić information content (AvgIpc) is 2.48. The molecule has 6 heteroatoms. The van der Waals surface area contributed by atoms with E-state index in [1.807, 2.05) is 0 Å². The van der Waals surface area contributed by atoms with Gasteiger partial charge in [0.1, 0.15) is 27.6 Å². The first-order chi connectivity index (χ1) is 9.99. The summed E-state index contributed by atoms with van der Waals surface area (Å²) in [7, 11) is 2.84. The van der Waals surface area contributed by atoms with E-state index < -0.39 is 17.4 Å². The smallest absolute Gasteiger partial charge is 0.199 e. The van der Waals surface area contributed by atoms with E-state index in [-0.39, 0.29) is 16.9 Å². The highest BCUT2D eigenvalue weighted by Gasteiger charge is 2.22. The number of hydrogen-bond donors (Lipinski definition) is 0. The second-order valence-electron chi connectivity index (χ2n) is 4.12. The van der Waals surface area contributed by atoms with Crippen LogP contribution in [0, 0.1) is 11.6 Å². The zero-order valence-electron chi connectivity index (χ0n) is 11.2. The number of halogens is 3. The van der Waals surface area contributed by atoms with E-state index in [1.165, 1.54) is 26.4 Å². The number of methoxy groups -OCH3 is 2. The van der Waals surface area contributed by atoms with Crippen LogP contribution in [-0.2, 0) is 0 Å². The van der Waals surface area contributed by atoms with Crippen LogP contribution in [0.3, 0.4) is 0 Å². The van der Waals surface area contributed by atoms with E-state index in [1.54, 1.807) is 0 Å². The van der Waals surface area contributed by atoms with Crippen molar-refractivity contribution in [2.45, 2.75) is 0 Å². The minimum absolute atomic E-state index is 0.106. The molecular weight excluding hydrogens is 346 g/mol. The molecule has 0 radical (unpaired) electrons. The molecule has 0 bridgehead atoms. The predicted octanol–water partition coefficient (Wildman–Crippen LogP) is 3.98. The number of benzene rings is 2. The van der Waals surface area contributed by atoms with Gasteiger partial charge >= 0.3 is 0 Å². The van der Waals surface area contributed by atoms with Gasteiger partial charge < -0.3 is 9.47 Å². The lowest BCUT2D eigenvalue weighted by Crippen LogP contribution is -2.08. The Morgan fingerprint density at radius 1 is 1.05 bits per heavy atom. The molecule has 21 heavy (non-hydrogen) atoms. The van der Waals surface area contributed by atoms with Gasteiger partial charge in [0.25, 0.3) is 0 Å². The number of carbonyl (C=O) groups excluding carboxylic acids is 1. The summed E-state index contributed by atoms with van der Waals surface area (Å²) in [6.45, 7) is 0. The van der Waals surface area contributed by atoms with Crippen LogP contribution in [-0.4, -0.2) is 20.0 Å². The molecule has 0 heterocycles. The lowest BCUT2D eigenvalue weighted by Gasteiger charge is -2.13. The van der Waals surface area contributed by atoms with Gasteiger partial charge in [0.2, 0.25) is 0 Å². The van der Waals surface area contributed by atoms with E-state index in [0.29, 0.717) is 10.2 Å². The third-order valence-corrected chi connectivity index (χ3v) is 3.65. The summed E-state index contributed by atoms with van der Waals surface area (Å²) in [5.41, 5.74) is -0.250. The molecule has 3 nitrogen and oxygen atoms in total. The molecule has 0 aromatic heterocycles. The number of rotatable bonds is 4. The zero-order chi connectivity index (χ0) is 15.6. The van der Waals surface area contributed by atoms with Gasteiger partial charge in [-0.3, -0.25) is 4.79 Å². The summed E-state index contributed by atoms with van der Waals surface area (Å²) in [6.07, 6.45) is 0. The van der Waals surface area contributed by atoms with Crippen LogP contribution in [0.1, 0.15) is 15.9 Å². The SMILES string of the molecule is COc1ccc(C(=O)c2cc(F)ccc2F)c(OC)c1Br. The van der Waals surface area contributed by atoms with Crippen molar-refractivity contribution in [2.24, 2.45) is 0 Å².